The van der Waals surface area contributed by atoms with Crippen LogP contribution in [-0.4, -0.2) is 17.6 Å². The van der Waals surface area contributed by atoms with Gasteiger partial charge in [-0.15, -0.1) is 0 Å². The van der Waals surface area contributed by atoms with E-state index in [2.05, 4.69) is 0 Å². The van der Waals surface area contributed by atoms with Gasteiger partial charge in [-0.1, -0.05) is 30.3 Å². The summed E-state index contributed by atoms with van der Waals surface area (Å²) in [5.74, 6) is -2.99. The van der Waals surface area contributed by atoms with Crippen molar-refractivity contribution < 1.29 is 14.4 Å². The number of carbonyl (C=O) groups excluding carboxylic acids is 3. The third-order valence-electron chi connectivity index (χ3n) is 2.12. The molecule has 0 aromatic heterocycles. The van der Waals surface area contributed by atoms with Crippen LogP contribution in [0.1, 0.15) is 11.5 Å². The minimum absolute atomic E-state index is 0.536. The van der Waals surface area contributed by atoms with Crippen molar-refractivity contribution in [2.24, 2.45) is 0 Å². The SMILES string of the molecule is O=C1NC(=O)C(c2ccccc2)C1=O. The smallest absolute Gasteiger partial charge is 0.289 e. The van der Waals surface area contributed by atoms with Crippen LogP contribution in [0.2, 0.25) is 0 Å². The maximum absolute atomic E-state index is 11.3. The number of imide groups is 1. The molecule has 1 atom stereocenters. The summed E-state index contributed by atoms with van der Waals surface area (Å²) in [6.45, 7) is 0. The molecule has 4 heteroatoms. The fourth-order valence-electron chi connectivity index (χ4n) is 1.44. The topological polar surface area (TPSA) is 63.2 Å². The molecule has 14 heavy (non-hydrogen) atoms. The lowest BCUT2D eigenvalue weighted by Gasteiger charge is -2.02. The van der Waals surface area contributed by atoms with E-state index in [1.54, 1.807) is 30.3 Å². The molecule has 1 aromatic rings. The van der Waals surface area contributed by atoms with Gasteiger partial charge in [-0.25, -0.2) is 0 Å². The molecule has 1 saturated heterocycles. The van der Waals surface area contributed by atoms with E-state index in [-0.39, 0.29) is 0 Å². The lowest BCUT2D eigenvalue weighted by molar-refractivity contribution is -0.135. The first-order valence-corrected chi connectivity index (χ1v) is 4.14. The lowest BCUT2D eigenvalue weighted by atomic mass is 9.97. The van der Waals surface area contributed by atoms with Gasteiger partial charge < -0.3 is 0 Å². The summed E-state index contributed by atoms with van der Waals surface area (Å²) in [7, 11) is 0. The molecule has 2 rings (SSSR count). The van der Waals surface area contributed by atoms with E-state index < -0.39 is 23.5 Å². The predicted octanol–water partition coefficient (Wildman–Crippen LogP) is -0.00430. The molecule has 1 fully saturated rings. The minimum atomic E-state index is -0.955. The van der Waals surface area contributed by atoms with Crippen LogP contribution >= 0.6 is 0 Å². The van der Waals surface area contributed by atoms with Crippen LogP contribution in [0.5, 0.6) is 0 Å². The Kier molecular flexibility index (Phi) is 1.89. The summed E-state index contributed by atoms with van der Waals surface area (Å²) < 4.78 is 0. The van der Waals surface area contributed by atoms with E-state index in [1.165, 1.54) is 0 Å². The van der Waals surface area contributed by atoms with E-state index in [9.17, 15) is 14.4 Å². The predicted molar refractivity (Wildman–Crippen MR) is 47.3 cm³/mol. The standard InChI is InChI=1S/C10H7NO3/c12-8-7(9(13)11-10(8)14)6-4-2-1-3-5-6/h1-5,7H,(H,11,13,14). The molecule has 1 N–H and O–H groups in total. The van der Waals surface area contributed by atoms with Crippen LogP contribution in [0.4, 0.5) is 0 Å². The van der Waals surface area contributed by atoms with E-state index in [0.717, 1.165) is 0 Å². The van der Waals surface area contributed by atoms with Crippen molar-refractivity contribution in [3.63, 3.8) is 0 Å². The van der Waals surface area contributed by atoms with Crippen LogP contribution in [0.15, 0.2) is 30.3 Å². The molecule has 1 aliphatic heterocycles. The Hall–Kier alpha value is -1.97. The Bertz CT molecular complexity index is 411. The number of ketones is 1. The van der Waals surface area contributed by atoms with Crippen molar-refractivity contribution in [2.75, 3.05) is 0 Å². The molecular weight excluding hydrogens is 182 g/mol. The van der Waals surface area contributed by atoms with Crippen LogP contribution in [0.25, 0.3) is 0 Å². The Labute approximate surface area is 79.9 Å². The first-order valence-electron chi connectivity index (χ1n) is 4.14. The van der Waals surface area contributed by atoms with E-state index >= 15 is 0 Å². The van der Waals surface area contributed by atoms with Gasteiger partial charge in [0.1, 0.15) is 5.92 Å². The maximum Gasteiger partial charge on any atom is 0.295 e. The van der Waals surface area contributed by atoms with E-state index in [1.807, 2.05) is 5.32 Å². The average Bonchev–Trinajstić information content (AvgIpc) is 2.43. The van der Waals surface area contributed by atoms with Gasteiger partial charge >= 0.3 is 0 Å². The Balaban J connectivity index is 2.41. The van der Waals surface area contributed by atoms with Crippen molar-refractivity contribution >= 4 is 17.6 Å². The zero-order valence-electron chi connectivity index (χ0n) is 7.19. The first kappa shape index (κ1) is 8.62. The van der Waals surface area contributed by atoms with E-state index in [4.69, 9.17) is 0 Å². The molecule has 0 aliphatic carbocycles. The molecule has 0 bridgehead atoms. The van der Waals surface area contributed by atoms with Crippen molar-refractivity contribution in [1.29, 1.82) is 0 Å². The monoisotopic (exact) mass is 189 g/mol. The molecule has 2 amide bonds. The van der Waals surface area contributed by atoms with Crippen LogP contribution in [-0.2, 0) is 14.4 Å². The number of hydrogen-bond acceptors (Lipinski definition) is 3. The first-order chi connectivity index (χ1) is 6.70. The summed E-state index contributed by atoms with van der Waals surface area (Å²) in [4.78, 5) is 33.4. The van der Waals surface area contributed by atoms with Gasteiger partial charge in [0.2, 0.25) is 11.7 Å². The van der Waals surface area contributed by atoms with Gasteiger partial charge in [-0.05, 0) is 5.56 Å². The summed E-state index contributed by atoms with van der Waals surface area (Å²) in [6.07, 6.45) is 0. The summed E-state index contributed by atoms with van der Waals surface area (Å²) in [5, 5.41) is 1.99. The van der Waals surface area contributed by atoms with Crippen molar-refractivity contribution in [3.8, 4) is 0 Å². The second-order valence-electron chi connectivity index (χ2n) is 3.03. The van der Waals surface area contributed by atoms with Gasteiger partial charge in [-0.3, -0.25) is 19.7 Å². The molecular formula is C10H7NO3. The highest BCUT2D eigenvalue weighted by Gasteiger charge is 2.40. The van der Waals surface area contributed by atoms with Crippen LogP contribution < -0.4 is 5.32 Å². The molecule has 1 aromatic carbocycles. The normalized spacial score (nSPS) is 21.1. The fraction of sp³-hybridized carbons (Fsp3) is 0.100. The molecule has 0 radical (unpaired) electrons. The third-order valence-corrected chi connectivity index (χ3v) is 2.12. The highest BCUT2D eigenvalue weighted by Crippen LogP contribution is 2.20. The van der Waals surface area contributed by atoms with Crippen molar-refractivity contribution in [3.05, 3.63) is 35.9 Å². The quantitative estimate of drug-likeness (QED) is 0.384. The number of carbonyl (C=O) groups is 3. The van der Waals surface area contributed by atoms with Gasteiger partial charge in [0, 0.05) is 0 Å². The molecule has 0 saturated carbocycles. The van der Waals surface area contributed by atoms with Gasteiger partial charge in [-0.2, -0.15) is 0 Å². The minimum Gasteiger partial charge on any atom is -0.289 e. The second-order valence-corrected chi connectivity index (χ2v) is 3.03. The number of Topliss-reactive ketones (excluding diaryl/α,β-unsaturated/α-hetero) is 1. The molecule has 70 valence electrons. The number of rotatable bonds is 1. The molecule has 4 nitrogen and oxygen atoms in total. The maximum atomic E-state index is 11.3. The molecule has 1 aliphatic rings. The van der Waals surface area contributed by atoms with E-state index in [0.29, 0.717) is 5.56 Å². The zero-order chi connectivity index (χ0) is 10.1. The molecule has 1 heterocycles. The number of benzene rings is 1. The summed E-state index contributed by atoms with van der Waals surface area (Å²) >= 11 is 0. The Morgan fingerprint density at radius 2 is 1.64 bits per heavy atom. The Morgan fingerprint density at radius 3 is 2.14 bits per heavy atom. The number of amides is 2. The Morgan fingerprint density at radius 1 is 1.00 bits per heavy atom. The number of nitrogens with one attached hydrogen (secondary N) is 1. The zero-order valence-corrected chi connectivity index (χ0v) is 7.19. The molecule has 1 unspecified atom stereocenters. The van der Waals surface area contributed by atoms with Gasteiger partial charge in [0.15, 0.2) is 0 Å². The average molecular weight is 189 g/mol. The summed E-state index contributed by atoms with van der Waals surface area (Å²) in [6, 6.07) is 8.53. The highest BCUT2D eigenvalue weighted by atomic mass is 16.2. The lowest BCUT2D eigenvalue weighted by Crippen LogP contribution is -2.22. The number of hydrogen-bond donors (Lipinski definition) is 1. The van der Waals surface area contributed by atoms with Crippen molar-refractivity contribution in [2.45, 2.75) is 5.92 Å². The van der Waals surface area contributed by atoms with Crippen LogP contribution in [0.3, 0.4) is 0 Å². The second kappa shape index (κ2) is 3.06. The highest BCUT2D eigenvalue weighted by molar-refractivity contribution is 6.50. The fourth-order valence-corrected chi connectivity index (χ4v) is 1.44. The van der Waals surface area contributed by atoms with Crippen molar-refractivity contribution in [1.82, 2.24) is 5.32 Å². The third kappa shape index (κ3) is 1.21. The van der Waals surface area contributed by atoms with Crippen LogP contribution in [0, 0.1) is 0 Å². The molecule has 0 spiro atoms. The summed E-state index contributed by atoms with van der Waals surface area (Å²) in [5.41, 5.74) is 0.556. The van der Waals surface area contributed by atoms with Gasteiger partial charge in [0.05, 0.1) is 0 Å². The van der Waals surface area contributed by atoms with Gasteiger partial charge in [0.25, 0.3) is 5.91 Å². The largest absolute Gasteiger partial charge is 0.295 e.